The molecule has 0 bridgehead atoms. The minimum absolute atomic E-state index is 0.238. The molecule has 21 heavy (non-hydrogen) atoms. The number of carbonyl (C=O) groups is 1. The van der Waals surface area contributed by atoms with Crippen LogP contribution in [0.15, 0.2) is 54.6 Å². The Morgan fingerprint density at radius 3 is 2.38 bits per heavy atom. The number of aliphatic hydroxyl groups is 1. The van der Waals surface area contributed by atoms with Gasteiger partial charge in [-0.3, -0.25) is 0 Å². The predicted molar refractivity (Wildman–Crippen MR) is 84.2 cm³/mol. The van der Waals surface area contributed by atoms with E-state index in [1.54, 1.807) is 7.05 Å². The van der Waals surface area contributed by atoms with E-state index < -0.39 is 6.10 Å². The van der Waals surface area contributed by atoms with Crippen molar-refractivity contribution in [2.75, 3.05) is 18.9 Å². The predicted octanol–water partition coefficient (Wildman–Crippen LogP) is 3.19. The van der Waals surface area contributed by atoms with Crippen LogP contribution in [-0.2, 0) is 0 Å². The molecule has 1 unspecified atom stereocenters. The SMILES string of the molecule is Cc1ccc(NC(=O)N(C)CC(O)c2ccccc2)cc1. The van der Waals surface area contributed by atoms with Crippen LogP contribution in [0.2, 0.25) is 0 Å². The molecule has 2 aromatic carbocycles. The maximum atomic E-state index is 12.1. The van der Waals surface area contributed by atoms with Crippen molar-refractivity contribution in [2.45, 2.75) is 13.0 Å². The fraction of sp³-hybridized carbons (Fsp3) is 0.235. The maximum Gasteiger partial charge on any atom is 0.321 e. The second-order valence-electron chi connectivity index (χ2n) is 5.10. The smallest absolute Gasteiger partial charge is 0.321 e. The topological polar surface area (TPSA) is 52.6 Å². The number of anilines is 1. The van der Waals surface area contributed by atoms with Crippen LogP contribution in [0.25, 0.3) is 0 Å². The van der Waals surface area contributed by atoms with E-state index >= 15 is 0 Å². The van der Waals surface area contributed by atoms with Crippen molar-refractivity contribution in [3.63, 3.8) is 0 Å². The lowest BCUT2D eigenvalue weighted by Crippen LogP contribution is -2.34. The third-order valence-corrected chi connectivity index (χ3v) is 3.28. The summed E-state index contributed by atoms with van der Waals surface area (Å²) in [6.07, 6.45) is -0.694. The van der Waals surface area contributed by atoms with Gasteiger partial charge in [0.1, 0.15) is 0 Å². The average molecular weight is 284 g/mol. The number of urea groups is 1. The summed E-state index contributed by atoms with van der Waals surface area (Å²) in [6.45, 7) is 2.23. The van der Waals surface area contributed by atoms with Gasteiger partial charge in [-0.25, -0.2) is 4.79 Å². The summed E-state index contributed by atoms with van der Waals surface area (Å²) >= 11 is 0. The van der Waals surface area contributed by atoms with E-state index in [1.807, 2.05) is 61.5 Å². The monoisotopic (exact) mass is 284 g/mol. The molecule has 2 rings (SSSR count). The van der Waals surface area contributed by atoms with Crippen LogP contribution >= 0.6 is 0 Å². The van der Waals surface area contributed by atoms with Crippen LogP contribution in [0, 0.1) is 6.92 Å². The number of carbonyl (C=O) groups excluding carboxylic acids is 1. The van der Waals surface area contributed by atoms with E-state index in [9.17, 15) is 9.90 Å². The highest BCUT2D eigenvalue weighted by Crippen LogP contribution is 2.14. The number of aliphatic hydroxyl groups excluding tert-OH is 1. The maximum absolute atomic E-state index is 12.1. The van der Waals surface area contributed by atoms with Gasteiger partial charge in [0.15, 0.2) is 0 Å². The summed E-state index contributed by atoms with van der Waals surface area (Å²) < 4.78 is 0. The summed E-state index contributed by atoms with van der Waals surface area (Å²) in [5.74, 6) is 0. The van der Waals surface area contributed by atoms with Gasteiger partial charge in [0.25, 0.3) is 0 Å². The molecule has 0 aliphatic heterocycles. The third-order valence-electron chi connectivity index (χ3n) is 3.28. The lowest BCUT2D eigenvalue weighted by molar-refractivity contribution is 0.136. The van der Waals surface area contributed by atoms with Crippen LogP contribution in [0.1, 0.15) is 17.2 Å². The molecule has 0 aliphatic carbocycles. The van der Waals surface area contributed by atoms with E-state index in [4.69, 9.17) is 0 Å². The van der Waals surface area contributed by atoms with Gasteiger partial charge >= 0.3 is 6.03 Å². The standard InChI is InChI=1S/C17H20N2O2/c1-13-8-10-15(11-9-13)18-17(21)19(2)12-16(20)14-6-4-3-5-7-14/h3-11,16,20H,12H2,1-2H3,(H,18,21). The van der Waals surface area contributed by atoms with Gasteiger partial charge in [-0.05, 0) is 24.6 Å². The van der Waals surface area contributed by atoms with Gasteiger partial charge in [-0.2, -0.15) is 0 Å². The first-order chi connectivity index (χ1) is 10.1. The van der Waals surface area contributed by atoms with Crippen molar-refractivity contribution in [2.24, 2.45) is 0 Å². The molecule has 0 heterocycles. The second kappa shape index (κ2) is 6.90. The van der Waals surface area contributed by atoms with Crippen molar-refractivity contribution >= 4 is 11.7 Å². The van der Waals surface area contributed by atoms with Crippen LogP contribution in [0.4, 0.5) is 10.5 Å². The third kappa shape index (κ3) is 4.33. The van der Waals surface area contributed by atoms with E-state index in [0.29, 0.717) is 0 Å². The average Bonchev–Trinajstić information content (AvgIpc) is 2.50. The Bertz CT molecular complexity index is 581. The van der Waals surface area contributed by atoms with Gasteiger partial charge in [0.2, 0.25) is 0 Å². The first-order valence-electron chi connectivity index (χ1n) is 6.88. The minimum atomic E-state index is -0.694. The first-order valence-corrected chi connectivity index (χ1v) is 6.88. The molecular formula is C17H20N2O2. The molecule has 0 fully saturated rings. The van der Waals surface area contributed by atoms with Crippen molar-refractivity contribution in [1.29, 1.82) is 0 Å². The minimum Gasteiger partial charge on any atom is -0.387 e. The quantitative estimate of drug-likeness (QED) is 0.906. The number of nitrogens with zero attached hydrogens (tertiary/aromatic N) is 1. The highest BCUT2D eigenvalue weighted by Gasteiger charge is 2.14. The Balaban J connectivity index is 1.92. The lowest BCUT2D eigenvalue weighted by atomic mass is 10.1. The highest BCUT2D eigenvalue weighted by molar-refractivity contribution is 5.89. The van der Waals surface area contributed by atoms with Crippen LogP contribution < -0.4 is 5.32 Å². The molecule has 0 spiro atoms. The lowest BCUT2D eigenvalue weighted by Gasteiger charge is -2.21. The summed E-state index contributed by atoms with van der Waals surface area (Å²) in [4.78, 5) is 13.5. The van der Waals surface area contributed by atoms with Crippen LogP contribution in [0.5, 0.6) is 0 Å². The molecular weight excluding hydrogens is 264 g/mol. The Kier molecular flexibility index (Phi) is 4.95. The van der Waals surface area contributed by atoms with E-state index in [-0.39, 0.29) is 12.6 Å². The molecule has 110 valence electrons. The number of likely N-dealkylation sites (N-methyl/N-ethyl adjacent to an activating group) is 1. The molecule has 0 saturated carbocycles. The fourth-order valence-electron chi connectivity index (χ4n) is 1.98. The number of hydrogen-bond donors (Lipinski definition) is 2. The summed E-state index contributed by atoms with van der Waals surface area (Å²) in [6, 6.07) is 16.7. The fourth-order valence-corrected chi connectivity index (χ4v) is 1.98. The summed E-state index contributed by atoms with van der Waals surface area (Å²) in [7, 11) is 1.66. The Morgan fingerprint density at radius 2 is 1.76 bits per heavy atom. The van der Waals surface area contributed by atoms with E-state index in [2.05, 4.69) is 5.32 Å². The first kappa shape index (κ1) is 15.1. The second-order valence-corrected chi connectivity index (χ2v) is 5.10. The highest BCUT2D eigenvalue weighted by atomic mass is 16.3. The molecule has 0 radical (unpaired) electrons. The number of rotatable bonds is 4. The Hall–Kier alpha value is -2.33. The van der Waals surface area contributed by atoms with E-state index in [0.717, 1.165) is 16.8 Å². The number of aryl methyl sites for hydroxylation is 1. The largest absolute Gasteiger partial charge is 0.387 e. The number of nitrogens with one attached hydrogen (secondary N) is 1. The molecule has 2 amide bonds. The number of amides is 2. The number of benzene rings is 2. The summed E-state index contributed by atoms with van der Waals surface area (Å²) in [5.41, 5.74) is 2.68. The van der Waals surface area contributed by atoms with Gasteiger partial charge in [0, 0.05) is 12.7 Å². The van der Waals surface area contributed by atoms with Crippen molar-refractivity contribution in [3.05, 3.63) is 65.7 Å². The van der Waals surface area contributed by atoms with Crippen molar-refractivity contribution in [3.8, 4) is 0 Å². The Labute approximate surface area is 125 Å². The van der Waals surface area contributed by atoms with E-state index in [1.165, 1.54) is 4.90 Å². The van der Waals surface area contributed by atoms with Crippen molar-refractivity contribution < 1.29 is 9.90 Å². The number of hydrogen-bond acceptors (Lipinski definition) is 2. The van der Waals surface area contributed by atoms with Gasteiger partial charge in [-0.15, -0.1) is 0 Å². The molecule has 2 aromatic rings. The molecule has 4 heteroatoms. The molecule has 0 aliphatic rings. The normalized spacial score (nSPS) is 11.8. The molecule has 0 saturated heterocycles. The van der Waals surface area contributed by atoms with Crippen LogP contribution in [0.3, 0.4) is 0 Å². The zero-order valence-electron chi connectivity index (χ0n) is 12.3. The molecule has 2 N–H and O–H groups in total. The summed E-state index contributed by atoms with van der Waals surface area (Å²) in [5, 5.41) is 12.9. The van der Waals surface area contributed by atoms with Gasteiger partial charge in [-0.1, -0.05) is 48.0 Å². The molecule has 0 aromatic heterocycles. The molecule has 1 atom stereocenters. The van der Waals surface area contributed by atoms with Gasteiger partial charge < -0.3 is 15.3 Å². The molecule has 4 nitrogen and oxygen atoms in total. The van der Waals surface area contributed by atoms with Crippen molar-refractivity contribution in [1.82, 2.24) is 4.90 Å². The zero-order chi connectivity index (χ0) is 15.2. The zero-order valence-corrected chi connectivity index (χ0v) is 12.3. The van der Waals surface area contributed by atoms with Gasteiger partial charge in [0.05, 0.1) is 12.6 Å². The Morgan fingerprint density at radius 1 is 1.14 bits per heavy atom. The van der Waals surface area contributed by atoms with Crippen LogP contribution in [-0.4, -0.2) is 29.6 Å².